The Morgan fingerprint density at radius 2 is 2.27 bits per heavy atom. The molecule has 0 aliphatic carbocycles. The summed E-state index contributed by atoms with van der Waals surface area (Å²) in [7, 11) is 0. The van der Waals surface area contributed by atoms with Gasteiger partial charge in [-0.1, -0.05) is 22.0 Å². The van der Waals surface area contributed by atoms with Gasteiger partial charge < -0.3 is 10.1 Å². The predicted octanol–water partition coefficient (Wildman–Crippen LogP) is 3.35. The van der Waals surface area contributed by atoms with Crippen molar-refractivity contribution in [2.75, 3.05) is 11.9 Å². The molecule has 0 spiro atoms. The van der Waals surface area contributed by atoms with Gasteiger partial charge in [0.05, 0.1) is 12.1 Å². The van der Waals surface area contributed by atoms with E-state index in [1.54, 1.807) is 0 Å². The zero-order valence-electron chi connectivity index (χ0n) is 9.09. The van der Waals surface area contributed by atoms with Crippen LogP contribution in [0, 0.1) is 6.92 Å². The third-order valence-corrected chi connectivity index (χ3v) is 3.75. The third-order valence-electron chi connectivity index (χ3n) is 2.90. The van der Waals surface area contributed by atoms with E-state index in [-0.39, 0.29) is 0 Å². The first kappa shape index (κ1) is 11.0. The normalized spacial score (nSPS) is 25.5. The van der Waals surface area contributed by atoms with Gasteiger partial charge in [-0.2, -0.15) is 0 Å². The number of rotatable bonds is 2. The fourth-order valence-corrected chi connectivity index (χ4v) is 2.20. The van der Waals surface area contributed by atoms with Gasteiger partial charge in [-0.25, -0.2) is 0 Å². The summed E-state index contributed by atoms with van der Waals surface area (Å²) in [4.78, 5) is 0. The van der Waals surface area contributed by atoms with Crippen molar-refractivity contribution < 1.29 is 4.74 Å². The number of nitrogens with one attached hydrogen (secondary N) is 1. The fraction of sp³-hybridized carbons (Fsp3) is 0.500. The molecule has 1 fully saturated rings. The van der Waals surface area contributed by atoms with Crippen molar-refractivity contribution in [3.8, 4) is 0 Å². The second kappa shape index (κ2) is 4.54. The number of hydrogen-bond donors (Lipinski definition) is 1. The lowest BCUT2D eigenvalue weighted by molar-refractivity contribution is 0.121. The van der Waals surface area contributed by atoms with Crippen LogP contribution >= 0.6 is 15.9 Å². The summed E-state index contributed by atoms with van der Waals surface area (Å²) in [5.41, 5.74) is 2.42. The van der Waals surface area contributed by atoms with Crippen molar-refractivity contribution in [2.45, 2.75) is 32.4 Å². The Morgan fingerprint density at radius 3 is 2.87 bits per heavy atom. The molecule has 2 nitrogen and oxygen atoms in total. The highest BCUT2D eigenvalue weighted by molar-refractivity contribution is 9.10. The molecule has 1 saturated heterocycles. The minimum absolute atomic E-state index is 0.310. The van der Waals surface area contributed by atoms with Gasteiger partial charge in [0.1, 0.15) is 0 Å². The van der Waals surface area contributed by atoms with E-state index < -0.39 is 0 Å². The number of hydrogen-bond acceptors (Lipinski definition) is 2. The summed E-state index contributed by atoms with van der Waals surface area (Å²) in [5.74, 6) is 0. The Bertz CT molecular complexity index is 353. The summed E-state index contributed by atoms with van der Waals surface area (Å²) < 4.78 is 6.67. The van der Waals surface area contributed by atoms with E-state index in [1.165, 1.54) is 5.56 Å². The van der Waals surface area contributed by atoms with Crippen molar-refractivity contribution in [3.63, 3.8) is 0 Å². The molecule has 15 heavy (non-hydrogen) atoms. The molecule has 1 aliphatic rings. The molecule has 0 amide bonds. The molecule has 3 heteroatoms. The maximum absolute atomic E-state index is 5.52. The summed E-state index contributed by atoms with van der Waals surface area (Å²) in [5, 5.41) is 3.50. The topological polar surface area (TPSA) is 21.3 Å². The molecule has 0 bridgehead atoms. The predicted molar refractivity (Wildman–Crippen MR) is 66.3 cm³/mol. The second-order valence-corrected chi connectivity index (χ2v) is 4.93. The van der Waals surface area contributed by atoms with E-state index in [2.05, 4.69) is 53.3 Å². The lowest BCUT2D eigenvalue weighted by atomic mass is 10.1. The van der Waals surface area contributed by atoms with E-state index in [9.17, 15) is 0 Å². The minimum atomic E-state index is 0.310. The molecule has 0 radical (unpaired) electrons. The van der Waals surface area contributed by atoms with Crippen LogP contribution in [0.25, 0.3) is 0 Å². The van der Waals surface area contributed by atoms with Gasteiger partial charge in [-0.3, -0.25) is 0 Å². The SMILES string of the molecule is Cc1ccc(N[C@@H]2CCO[C@H]2C)cc1Br. The Labute approximate surface area is 99.1 Å². The van der Waals surface area contributed by atoms with Gasteiger partial charge in [0.25, 0.3) is 0 Å². The number of ether oxygens (including phenoxy) is 1. The van der Waals surface area contributed by atoms with E-state index in [0.29, 0.717) is 12.1 Å². The van der Waals surface area contributed by atoms with Crippen molar-refractivity contribution in [1.82, 2.24) is 0 Å². The van der Waals surface area contributed by atoms with Crippen LogP contribution in [0.5, 0.6) is 0 Å². The van der Waals surface area contributed by atoms with Crippen molar-refractivity contribution >= 4 is 21.6 Å². The van der Waals surface area contributed by atoms with E-state index >= 15 is 0 Å². The minimum Gasteiger partial charge on any atom is -0.380 e. The molecule has 0 unspecified atom stereocenters. The van der Waals surface area contributed by atoms with Gasteiger partial charge in [-0.15, -0.1) is 0 Å². The number of halogens is 1. The Balaban J connectivity index is 2.07. The second-order valence-electron chi connectivity index (χ2n) is 4.08. The molecule has 0 aromatic heterocycles. The first-order valence-corrected chi connectivity index (χ1v) is 6.10. The Kier molecular flexibility index (Phi) is 3.32. The van der Waals surface area contributed by atoms with Gasteiger partial charge in [-0.05, 0) is 38.0 Å². The summed E-state index contributed by atoms with van der Waals surface area (Å²) in [6, 6.07) is 6.80. The molecular formula is C12H16BrNO. The molecular weight excluding hydrogens is 254 g/mol. The first-order valence-electron chi connectivity index (χ1n) is 5.31. The van der Waals surface area contributed by atoms with Crippen molar-refractivity contribution in [3.05, 3.63) is 28.2 Å². The van der Waals surface area contributed by atoms with Crippen LogP contribution in [0.3, 0.4) is 0 Å². The molecule has 2 atom stereocenters. The van der Waals surface area contributed by atoms with Crippen LogP contribution in [-0.2, 0) is 4.74 Å². The quantitative estimate of drug-likeness (QED) is 0.889. The van der Waals surface area contributed by atoms with Crippen LogP contribution < -0.4 is 5.32 Å². The first-order chi connectivity index (χ1) is 7.16. The average Bonchev–Trinajstić information content (AvgIpc) is 2.59. The van der Waals surface area contributed by atoms with E-state index in [1.807, 2.05) is 0 Å². The summed E-state index contributed by atoms with van der Waals surface area (Å²) >= 11 is 3.54. The van der Waals surface area contributed by atoms with Crippen LogP contribution in [-0.4, -0.2) is 18.8 Å². The monoisotopic (exact) mass is 269 g/mol. The molecule has 1 heterocycles. The highest BCUT2D eigenvalue weighted by Crippen LogP contribution is 2.23. The van der Waals surface area contributed by atoms with Crippen LogP contribution in [0.15, 0.2) is 22.7 Å². The summed E-state index contributed by atoms with van der Waals surface area (Å²) in [6.45, 7) is 5.08. The third kappa shape index (κ3) is 2.52. The number of anilines is 1. The maximum Gasteiger partial charge on any atom is 0.0748 e. The maximum atomic E-state index is 5.52. The molecule has 1 aliphatic heterocycles. The molecule has 0 saturated carbocycles. The zero-order chi connectivity index (χ0) is 10.8. The van der Waals surface area contributed by atoms with Gasteiger partial charge in [0, 0.05) is 16.8 Å². The van der Waals surface area contributed by atoms with Gasteiger partial charge in [0.15, 0.2) is 0 Å². The van der Waals surface area contributed by atoms with Crippen LogP contribution in [0.2, 0.25) is 0 Å². The lowest BCUT2D eigenvalue weighted by Crippen LogP contribution is -2.26. The van der Waals surface area contributed by atoms with Gasteiger partial charge >= 0.3 is 0 Å². The molecule has 1 aromatic rings. The van der Waals surface area contributed by atoms with Crippen LogP contribution in [0.1, 0.15) is 18.9 Å². The number of benzene rings is 1. The Morgan fingerprint density at radius 1 is 1.47 bits per heavy atom. The highest BCUT2D eigenvalue weighted by atomic mass is 79.9. The zero-order valence-corrected chi connectivity index (χ0v) is 10.7. The molecule has 1 N–H and O–H groups in total. The highest BCUT2D eigenvalue weighted by Gasteiger charge is 2.23. The number of aryl methyl sites for hydroxylation is 1. The van der Waals surface area contributed by atoms with Crippen molar-refractivity contribution in [1.29, 1.82) is 0 Å². The largest absolute Gasteiger partial charge is 0.380 e. The Hall–Kier alpha value is -0.540. The summed E-state index contributed by atoms with van der Waals surface area (Å²) in [6.07, 6.45) is 1.40. The lowest BCUT2D eigenvalue weighted by Gasteiger charge is -2.17. The molecule has 1 aromatic carbocycles. The van der Waals surface area contributed by atoms with Gasteiger partial charge in [0.2, 0.25) is 0 Å². The van der Waals surface area contributed by atoms with E-state index in [4.69, 9.17) is 4.74 Å². The van der Waals surface area contributed by atoms with Crippen molar-refractivity contribution in [2.24, 2.45) is 0 Å². The van der Waals surface area contributed by atoms with E-state index in [0.717, 1.165) is 23.2 Å². The van der Waals surface area contributed by atoms with Crippen LogP contribution in [0.4, 0.5) is 5.69 Å². The smallest absolute Gasteiger partial charge is 0.0748 e. The molecule has 2 rings (SSSR count). The fourth-order valence-electron chi connectivity index (χ4n) is 1.82. The molecule has 82 valence electrons. The standard InChI is InChI=1S/C12H16BrNO/c1-8-3-4-10(7-11(8)13)14-12-5-6-15-9(12)2/h3-4,7,9,12,14H,5-6H2,1-2H3/t9-,12+/m0/s1. The average molecular weight is 270 g/mol.